The molecule has 0 amide bonds. The number of imidazole rings is 1. The second-order valence-corrected chi connectivity index (χ2v) is 11.1. The van der Waals surface area contributed by atoms with E-state index >= 15 is 0 Å². The van der Waals surface area contributed by atoms with Crippen molar-refractivity contribution in [3.8, 4) is 0 Å². The second-order valence-electron chi connectivity index (χ2n) is 10.0. The molecule has 1 aromatic heterocycles. The summed E-state index contributed by atoms with van der Waals surface area (Å²) in [7, 11) is 0. The largest absolute Gasteiger partial charge is 0.317 e. The Labute approximate surface area is 233 Å². The first kappa shape index (κ1) is 24.0. The summed E-state index contributed by atoms with van der Waals surface area (Å²) in [6, 6.07) is 52.3. The Kier molecular flexibility index (Phi) is 6.28. The van der Waals surface area contributed by atoms with Crippen molar-refractivity contribution < 1.29 is 0 Å². The van der Waals surface area contributed by atoms with Crippen molar-refractivity contribution in [2.24, 2.45) is 0 Å². The molecule has 39 heavy (non-hydrogen) atoms. The highest BCUT2D eigenvalue weighted by atomic mass is 32.2. The molecule has 2 atom stereocenters. The van der Waals surface area contributed by atoms with Gasteiger partial charge in [-0.1, -0.05) is 133 Å². The van der Waals surface area contributed by atoms with E-state index in [9.17, 15) is 0 Å². The first-order chi connectivity index (χ1) is 19.3. The lowest BCUT2D eigenvalue weighted by Gasteiger charge is -2.38. The van der Waals surface area contributed by atoms with Gasteiger partial charge in [0.2, 0.25) is 0 Å². The van der Waals surface area contributed by atoms with Crippen LogP contribution in [0.3, 0.4) is 0 Å². The topological polar surface area (TPSA) is 20.8 Å². The van der Waals surface area contributed by atoms with Gasteiger partial charge in [0.1, 0.15) is 0 Å². The van der Waals surface area contributed by atoms with Crippen LogP contribution in [-0.2, 0) is 12.1 Å². The fourth-order valence-corrected chi connectivity index (χ4v) is 6.83. The van der Waals surface area contributed by atoms with Gasteiger partial charge >= 0.3 is 0 Å². The highest BCUT2D eigenvalue weighted by Crippen LogP contribution is 2.49. The Balaban J connectivity index is 1.33. The number of benzene rings is 5. The Morgan fingerprint density at radius 2 is 1.10 bits per heavy atom. The van der Waals surface area contributed by atoms with E-state index in [1.165, 1.54) is 27.1 Å². The van der Waals surface area contributed by atoms with E-state index in [1.54, 1.807) is 11.8 Å². The summed E-state index contributed by atoms with van der Waals surface area (Å²) in [4.78, 5) is 8.93. The summed E-state index contributed by atoms with van der Waals surface area (Å²) in [5, 5.41) is 1.04. The first-order valence-electron chi connectivity index (χ1n) is 13.5. The number of aromatic nitrogens is 2. The Bertz CT molecular complexity index is 1590. The van der Waals surface area contributed by atoms with Crippen molar-refractivity contribution >= 4 is 22.8 Å². The van der Waals surface area contributed by atoms with Crippen LogP contribution in [0.25, 0.3) is 11.0 Å². The zero-order valence-electron chi connectivity index (χ0n) is 21.6. The SMILES string of the molecule is c1ccc(Sc2nc3ccccc3n2C[C@H]2CN2C(c2ccccc2)(c2ccccc2)c2ccccc2)cc1. The summed E-state index contributed by atoms with van der Waals surface area (Å²) in [5.74, 6) is 0. The number of fused-ring (bicyclic) bond motifs is 1. The predicted octanol–water partition coefficient (Wildman–Crippen LogP) is 7.86. The number of hydrogen-bond donors (Lipinski definition) is 0. The fraction of sp³-hybridized carbons (Fsp3) is 0.114. The molecular weight excluding hydrogens is 494 g/mol. The summed E-state index contributed by atoms with van der Waals surface area (Å²) in [5.41, 5.74) is 5.73. The van der Waals surface area contributed by atoms with Crippen molar-refractivity contribution in [1.29, 1.82) is 0 Å². The molecule has 1 saturated heterocycles. The molecule has 0 saturated carbocycles. The predicted molar refractivity (Wildman–Crippen MR) is 160 cm³/mol. The summed E-state index contributed by atoms with van der Waals surface area (Å²) in [6.45, 7) is 1.88. The molecule has 1 aliphatic heterocycles. The van der Waals surface area contributed by atoms with E-state index in [1.807, 2.05) is 0 Å². The molecule has 4 heteroatoms. The Morgan fingerprint density at radius 3 is 1.67 bits per heavy atom. The molecule has 1 fully saturated rings. The van der Waals surface area contributed by atoms with Crippen LogP contribution in [0.2, 0.25) is 0 Å². The minimum Gasteiger partial charge on any atom is -0.317 e. The van der Waals surface area contributed by atoms with E-state index in [4.69, 9.17) is 4.98 Å². The quantitative estimate of drug-likeness (QED) is 0.150. The van der Waals surface area contributed by atoms with Crippen molar-refractivity contribution in [2.75, 3.05) is 6.54 Å². The number of nitrogens with zero attached hydrogens (tertiary/aromatic N) is 3. The maximum absolute atomic E-state index is 5.06. The van der Waals surface area contributed by atoms with Gasteiger partial charge in [-0.15, -0.1) is 0 Å². The number of rotatable bonds is 8. The van der Waals surface area contributed by atoms with Gasteiger partial charge in [0.15, 0.2) is 5.16 Å². The molecule has 1 aliphatic rings. The molecule has 2 heterocycles. The van der Waals surface area contributed by atoms with Gasteiger partial charge in [-0.3, -0.25) is 4.90 Å². The van der Waals surface area contributed by atoms with Crippen LogP contribution in [0.1, 0.15) is 16.7 Å². The molecule has 0 radical (unpaired) electrons. The van der Waals surface area contributed by atoms with Crippen molar-refractivity contribution in [2.45, 2.75) is 28.2 Å². The monoisotopic (exact) mass is 523 g/mol. The van der Waals surface area contributed by atoms with E-state index in [0.717, 1.165) is 23.8 Å². The molecular formula is C35H29N3S. The van der Waals surface area contributed by atoms with Crippen LogP contribution in [0.4, 0.5) is 0 Å². The Morgan fingerprint density at radius 1 is 0.615 bits per heavy atom. The van der Waals surface area contributed by atoms with Gasteiger partial charge in [-0.2, -0.15) is 0 Å². The molecule has 0 N–H and O–H groups in total. The zero-order valence-corrected chi connectivity index (χ0v) is 22.4. The lowest BCUT2D eigenvalue weighted by atomic mass is 9.76. The maximum atomic E-state index is 5.06. The molecule has 190 valence electrons. The molecule has 1 unspecified atom stereocenters. The van der Waals surface area contributed by atoms with Crippen molar-refractivity contribution in [3.63, 3.8) is 0 Å². The van der Waals surface area contributed by atoms with Crippen LogP contribution in [0, 0.1) is 0 Å². The molecule has 3 nitrogen and oxygen atoms in total. The summed E-state index contributed by atoms with van der Waals surface area (Å²) in [6.07, 6.45) is 0. The third kappa shape index (κ3) is 4.36. The summed E-state index contributed by atoms with van der Waals surface area (Å²) >= 11 is 1.74. The smallest absolute Gasteiger partial charge is 0.173 e. The van der Waals surface area contributed by atoms with Gasteiger partial charge in [-0.25, -0.2) is 4.98 Å². The van der Waals surface area contributed by atoms with Crippen molar-refractivity contribution in [1.82, 2.24) is 14.5 Å². The van der Waals surface area contributed by atoms with E-state index in [2.05, 4.69) is 155 Å². The van der Waals surface area contributed by atoms with Crippen molar-refractivity contribution in [3.05, 3.63) is 162 Å². The van der Waals surface area contributed by atoms with Crippen LogP contribution < -0.4 is 0 Å². The molecule has 7 rings (SSSR count). The highest BCUT2D eigenvalue weighted by Gasteiger charge is 2.53. The van der Waals surface area contributed by atoms with E-state index < -0.39 is 0 Å². The normalized spacial score (nSPS) is 16.8. The fourth-order valence-electron chi connectivity index (χ4n) is 5.89. The van der Waals surface area contributed by atoms with Gasteiger partial charge in [0.25, 0.3) is 0 Å². The number of para-hydroxylation sites is 2. The molecule has 0 bridgehead atoms. The summed E-state index contributed by atoms with van der Waals surface area (Å²) < 4.78 is 2.42. The third-order valence-electron chi connectivity index (χ3n) is 7.69. The average molecular weight is 524 g/mol. The van der Waals surface area contributed by atoms with Crippen LogP contribution in [0.5, 0.6) is 0 Å². The third-order valence-corrected chi connectivity index (χ3v) is 8.69. The Hall–Kier alpha value is -4.12. The van der Waals surface area contributed by atoms with Gasteiger partial charge < -0.3 is 4.57 Å². The van der Waals surface area contributed by atoms with E-state index in [-0.39, 0.29) is 5.54 Å². The van der Waals surface area contributed by atoms with Crippen LogP contribution in [0.15, 0.2) is 156 Å². The lowest BCUT2D eigenvalue weighted by Crippen LogP contribution is -2.39. The second kappa shape index (κ2) is 10.2. The van der Waals surface area contributed by atoms with Crippen LogP contribution >= 0.6 is 11.8 Å². The average Bonchev–Trinajstić information content (AvgIpc) is 3.69. The molecule has 5 aromatic carbocycles. The minimum atomic E-state index is -0.377. The molecule has 0 aliphatic carbocycles. The van der Waals surface area contributed by atoms with Gasteiger partial charge in [-0.05, 0) is 41.0 Å². The van der Waals surface area contributed by atoms with Crippen LogP contribution in [-0.4, -0.2) is 27.0 Å². The zero-order chi connectivity index (χ0) is 26.1. The lowest BCUT2D eigenvalue weighted by molar-refractivity contribution is 0.309. The standard InChI is InChI=1S/C35H29N3S/c1-5-15-27(16-6-1)35(28-17-7-2-8-18-28,29-19-9-3-10-20-29)38-26-30(38)25-37-33-24-14-13-23-32(33)36-34(37)39-31-21-11-4-12-22-31/h1-24,30H,25-26H2/t30-,38?/m0/s1. The van der Waals surface area contributed by atoms with E-state index in [0.29, 0.717) is 6.04 Å². The van der Waals surface area contributed by atoms with Gasteiger partial charge in [0.05, 0.1) is 16.6 Å². The minimum absolute atomic E-state index is 0.360. The first-order valence-corrected chi connectivity index (χ1v) is 14.3. The molecule has 0 spiro atoms. The highest BCUT2D eigenvalue weighted by molar-refractivity contribution is 7.99. The van der Waals surface area contributed by atoms with Gasteiger partial charge in [0, 0.05) is 24.0 Å². The maximum Gasteiger partial charge on any atom is 0.173 e. The molecule has 6 aromatic rings. The number of hydrogen-bond acceptors (Lipinski definition) is 3.